The van der Waals surface area contributed by atoms with Crippen LogP contribution in [-0.2, 0) is 27.8 Å². The van der Waals surface area contributed by atoms with E-state index in [9.17, 15) is 0 Å². The first kappa shape index (κ1) is 34.2. The highest BCUT2D eigenvalue weighted by atomic mass is 127. The van der Waals surface area contributed by atoms with Crippen LogP contribution in [0.15, 0.2) is 12.2 Å². The van der Waals surface area contributed by atoms with Gasteiger partial charge in [0.15, 0.2) is 28.2 Å². The van der Waals surface area contributed by atoms with Gasteiger partial charge < -0.3 is 27.8 Å². The zero-order valence-electron chi connectivity index (χ0n) is 27.2. The Morgan fingerprint density at radius 1 is 0.769 bits per heavy atom. The predicted octanol–water partition coefficient (Wildman–Crippen LogP) is 8.21. The van der Waals surface area contributed by atoms with Gasteiger partial charge >= 0.3 is 0 Å². The summed E-state index contributed by atoms with van der Waals surface area (Å²) >= 11 is 2.46. The monoisotopic (exact) mass is 696 g/mol. The van der Waals surface area contributed by atoms with Crippen LogP contribution in [0.3, 0.4) is 0 Å². The van der Waals surface area contributed by atoms with Gasteiger partial charge in [0.05, 0.1) is 18.3 Å². The molecule has 0 aromatic rings. The van der Waals surface area contributed by atoms with Gasteiger partial charge in [0.25, 0.3) is 0 Å². The number of hydrogen-bond donors (Lipinski definition) is 0. The summed E-state index contributed by atoms with van der Waals surface area (Å²) in [6, 6.07) is 0. The van der Waals surface area contributed by atoms with Gasteiger partial charge in [-0.25, -0.2) is 0 Å². The molecule has 0 radical (unpaired) electrons. The highest BCUT2D eigenvalue weighted by Crippen LogP contribution is 2.47. The molecule has 39 heavy (non-hydrogen) atoms. The van der Waals surface area contributed by atoms with Crippen molar-refractivity contribution in [1.82, 2.24) is 0 Å². The van der Waals surface area contributed by atoms with Crippen LogP contribution in [0.5, 0.6) is 0 Å². The normalized spacial score (nSPS) is 36.0. The molecular weight excluding hydrogens is 639 g/mol. The molecule has 228 valence electrons. The molecule has 2 saturated heterocycles. The molecule has 6 nitrogen and oxygen atoms in total. The van der Waals surface area contributed by atoms with Crippen molar-refractivity contribution in [2.75, 3.05) is 4.43 Å². The third-order valence-electron chi connectivity index (χ3n) is 9.59. The lowest BCUT2D eigenvalue weighted by atomic mass is 10.1. The molecule has 4 aliphatic rings. The van der Waals surface area contributed by atoms with Crippen molar-refractivity contribution in [1.29, 1.82) is 0 Å². The largest absolute Gasteiger partial charge is 0.411 e. The van der Waals surface area contributed by atoms with E-state index in [1.807, 2.05) is 27.7 Å². The van der Waals surface area contributed by atoms with E-state index >= 15 is 0 Å². The molecule has 0 bridgehead atoms. The van der Waals surface area contributed by atoms with Crippen LogP contribution >= 0.6 is 22.6 Å². The van der Waals surface area contributed by atoms with Gasteiger partial charge in [-0.3, -0.25) is 0 Å². The van der Waals surface area contributed by atoms with E-state index in [2.05, 4.69) is 96.9 Å². The Kier molecular flexibility index (Phi) is 9.90. The molecular formula is C30H57IO6Si2. The molecule has 2 saturated carbocycles. The lowest BCUT2D eigenvalue weighted by Gasteiger charge is -2.39. The maximum Gasteiger partial charge on any atom is 0.192 e. The van der Waals surface area contributed by atoms with Crippen LogP contribution in [0.1, 0.15) is 82.1 Å². The average molecular weight is 697 g/mol. The molecule has 2 aliphatic heterocycles. The second-order valence-corrected chi connectivity index (χ2v) is 26.3. The summed E-state index contributed by atoms with van der Waals surface area (Å²) in [6.45, 7) is 34.9. The fraction of sp³-hybridized carbons (Fsp3) is 0.933. The van der Waals surface area contributed by atoms with E-state index in [0.717, 1.165) is 22.8 Å². The maximum atomic E-state index is 6.63. The molecule has 4 fully saturated rings. The van der Waals surface area contributed by atoms with E-state index in [1.165, 1.54) is 0 Å². The van der Waals surface area contributed by atoms with Crippen molar-refractivity contribution in [2.24, 2.45) is 5.92 Å². The van der Waals surface area contributed by atoms with E-state index in [-0.39, 0.29) is 46.7 Å². The van der Waals surface area contributed by atoms with Crippen LogP contribution in [0.25, 0.3) is 0 Å². The maximum absolute atomic E-state index is 6.63. The number of rotatable bonds is 5. The first-order chi connectivity index (χ1) is 17.4. The quantitative estimate of drug-likeness (QED) is 0.125. The molecule has 0 unspecified atom stereocenters. The summed E-state index contributed by atoms with van der Waals surface area (Å²) in [6.07, 6.45) is 2.55. The summed E-state index contributed by atoms with van der Waals surface area (Å²) in [4.78, 5) is 0. The number of fused-ring (bicyclic) bond motifs is 2. The average Bonchev–Trinajstić information content (AvgIpc) is 3.40. The zero-order valence-corrected chi connectivity index (χ0v) is 31.4. The molecule has 7 atom stereocenters. The lowest BCUT2D eigenvalue weighted by molar-refractivity contribution is -0.164. The van der Waals surface area contributed by atoms with E-state index in [4.69, 9.17) is 27.8 Å². The van der Waals surface area contributed by atoms with Crippen LogP contribution in [0, 0.1) is 5.92 Å². The molecule has 0 aromatic carbocycles. The van der Waals surface area contributed by atoms with Crippen molar-refractivity contribution < 1.29 is 27.8 Å². The highest BCUT2D eigenvalue weighted by molar-refractivity contribution is 14.1. The zero-order chi connectivity index (χ0) is 30.0. The number of hydrogen-bond acceptors (Lipinski definition) is 6. The molecule has 2 aliphatic carbocycles. The smallest absolute Gasteiger partial charge is 0.192 e. The van der Waals surface area contributed by atoms with Crippen molar-refractivity contribution in [2.45, 2.75) is 167 Å². The molecule has 0 amide bonds. The van der Waals surface area contributed by atoms with Gasteiger partial charge in [-0.05, 0) is 88.3 Å². The highest BCUT2D eigenvalue weighted by Gasteiger charge is 2.56. The Balaban J connectivity index is 0.000000216. The molecule has 0 aromatic heterocycles. The molecule has 4 rings (SSSR count). The van der Waals surface area contributed by atoms with Crippen LogP contribution < -0.4 is 0 Å². The Morgan fingerprint density at radius 2 is 1.21 bits per heavy atom. The topological polar surface area (TPSA) is 55.4 Å². The summed E-state index contributed by atoms with van der Waals surface area (Å²) < 4.78 is 38.5. The minimum atomic E-state index is -1.78. The van der Waals surface area contributed by atoms with Crippen LogP contribution in [-0.4, -0.2) is 69.3 Å². The van der Waals surface area contributed by atoms with Gasteiger partial charge in [-0.1, -0.05) is 70.7 Å². The third kappa shape index (κ3) is 7.61. The molecule has 2 heterocycles. The molecule has 9 heteroatoms. The second-order valence-electron chi connectivity index (χ2n) is 15.9. The number of alkyl halides is 1. The third-order valence-corrected chi connectivity index (χ3v) is 19.7. The van der Waals surface area contributed by atoms with E-state index in [0.29, 0.717) is 5.92 Å². The molecule has 0 N–H and O–H groups in total. The summed E-state index contributed by atoms with van der Waals surface area (Å²) in [7, 11) is -3.54. The Labute approximate surface area is 255 Å². The SMILES string of the molecule is C=C1C[C@H](O[Si](C)(C)C(C)(C)C)[C@@H]2OC(C)(C)O[C@H]12.CC1(C)O[C@@H]2[C@@H](CI)C[C@H](O[Si](C)(C)C(C)(C)C)[C@@H]2O1. The lowest BCUT2D eigenvalue weighted by Crippen LogP contribution is -2.46. The summed E-state index contributed by atoms with van der Waals surface area (Å²) in [5.74, 6) is -0.431. The summed E-state index contributed by atoms with van der Waals surface area (Å²) in [5, 5.41) is 0.446. The van der Waals surface area contributed by atoms with E-state index in [1.54, 1.807) is 0 Å². The van der Waals surface area contributed by atoms with Crippen LogP contribution in [0.4, 0.5) is 0 Å². The first-order valence-electron chi connectivity index (χ1n) is 14.7. The van der Waals surface area contributed by atoms with Crippen LogP contribution in [0.2, 0.25) is 36.3 Å². The fourth-order valence-electron chi connectivity index (χ4n) is 5.39. The van der Waals surface area contributed by atoms with Gasteiger partial charge in [-0.15, -0.1) is 0 Å². The molecule has 0 spiro atoms. The minimum Gasteiger partial charge on any atom is -0.411 e. The van der Waals surface area contributed by atoms with E-state index < -0.39 is 28.2 Å². The minimum absolute atomic E-state index is 0.00442. The van der Waals surface area contributed by atoms with Crippen molar-refractivity contribution >= 4 is 39.2 Å². The Morgan fingerprint density at radius 3 is 1.69 bits per heavy atom. The second kappa shape index (κ2) is 11.3. The number of halogens is 1. The summed E-state index contributed by atoms with van der Waals surface area (Å²) in [5.41, 5.74) is 1.11. The van der Waals surface area contributed by atoms with Crippen molar-refractivity contribution in [3.05, 3.63) is 12.2 Å². The fourth-order valence-corrected chi connectivity index (χ4v) is 8.92. The van der Waals surface area contributed by atoms with Gasteiger partial charge in [0.1, 0.15) is 18.3 Å². The van der Waals surface area contributed by atoms with Gasteiger partial charge in [0, 0.05) is 4.43 Å². The van der Waals surface area contributed by atoms with Gasteiger partial charge in [-0.2, -0.15) is 0 Å². The predicted molar refractivity (Wildman–Crippen MR) is 173 cm³/mol. The first-order valence-corrected chi connectivity index (χ1v) is 22.0. The Hall–Kier alpha value is 0.664. The van der Waals surface area contributed by atoms with Crippen molar-refractivity contribution in [3.63, 3.8) is 0 Å². The Bertz CT molecular complexity index is 891. The van der Waals surface area contributed by atoms with Crippen molar-refractivity contribution in [3.8, 4) is 0 Å². The standard InChI is InChI=1S/C15H29IO3Si.C15H28O3Si/c1-14(2,3)20(6,7)19-11-8-10(9-16)12-13(11)18-15(4,5)17-12;1-10-9-11(18-19(7,8)14(2,3)4)13-12(10)16-15(5,6)17-13/h10-13H,8-9H2,1-7H3;11-13H,1,9H2,2-8H3/t10-,11+,12-,13+;11-,12+,13-/m10/s1. The number of ether oxygens (including phenoxy) is 4. The van der Waals surface area contributed by atoms with Gasteiger partial charge in [0.2, 0.25) is 0 Å².